The predicted molar refractivity (Wildman–Crippen MR) is 130 cm³/mol. The summed E-state index contributed by atoms with van der Waals surface area (Å²) in [5.41, 5.74) is 3.56. The largest absolute Gasteiger partial charge is 0.353 e. The van der Waals surface area contributed by atoms with Gasteiger partial charge in [-0.25, -0.2) is 9.97 Å². The van der Waals surface area contributed by atoms with Gasteiger partial charge in [-0.15, -0.1) is 0 Å². The van der Waals surface area contributed by atoms with Crippen LogP contribution in [-0.4, -0.2) is 59.5 Å². The highest BCUT2D eigenvalue weighted by Gasteiger charge is 2.32. The monoisotopic (exact) mass is 455 g/mol. The van der Waals surface area contributed by atoms with E-state index in [1.807, 2.05) is 29.2 Å². The average molecular weight is 456 g/mol. The van der Waals surface area contributed by atoms with E-state index in [-0.39, 0.29) is 11.8 Å². The maximum Gasteiger partial charge on any atom is 0.231 e. The number of fused-ring (bicyclic) bond motifs is 1. The number of carbonyl (C=O) groups excluding carboxylic acids is 1. The summed E-state index contributed by atoms with van der Waals surface area (Å²) in [4.78, 5) is 27.1. The van der Waals surface area contributed by atoms with Gasteiger partial charge in [-0.2, -0.15) is 0 Å². The molecule has 6 nitrogen and oxygen atoms in total. The Bertz CT molecular complexity index is 924. The lowest BCUT2D eigenvalue weighted by atomic mass is 9.96. The molecule has 1 aliphatic heterocycles. The summed E-state index contributed by atoms with van der Waals surface area (Å²) in [5, 5.41) is 4.13. The molecule has 2 aromatic rings. The summed E-state index contributed by atoms with van der Waals surface area (Å²) in [5.74, 6) is 1.60. The van der Waals surface area contributed by atoms with Crippen LogP contribution in [0, 0.1) is 0 Å². The molecule has 1 aromatic heterocycles. The van der Waals surface area contributed by atoms with E-state index in [0.717, 1.165) is 37.3 Å². The van der Waals surface area contributed by atoms with Gasteiger partial charge in [-0.05, 0) is 42.9 Å². The Morgan fingerprint density at radius 3 is 2.53 bits per heavy atom. The van der Waals surface area contributed by atoms with Crippen molar-refractivity contribution in [3.8, 4) is 0 Å². The number of anilines is 1. The Balaban J connectivity index is 1.46. The summed E-state index contributed by atoms with van der Waals surface area (Å²) >= 11 is 6.08. The Kier molecular flexibility index (Phi) is 7.31. The lowest BCUT2D eigenvalue weighted by Gasteiger charge is -2.38. The van der Waals surface area contributed by atoms with Crippen LogP contribution < -0.4 is 10.2 Å². The van der Waals surface area contributed by atoms with Gasteiger partial charge < -0.3 is 15.1 Å². The molecule has 1 amide bonds. The number of nitrogens with one attached hydrogen (secondary N) is 1. The first kappa shape index (κ1) is 23.0. The molecule has 172 valence electrons. The number of aromatic nitrogens is 2. The van der Waals surface area contributed by atoms with Crippen molar-refractivity contribution in [2.24, 2.45) is 0 Å². The molecule has 4 rings (SSSR count). The van der Waals surface area contributed by atoms with Crippen molar-refractivity contribution in [3.05, 3.63) is 52.4 Å². The van der Waals surface area contributed by atoms with Crippen molar-refractivity contribution >= 4 is 23.3 Å². The molecule has 0 saturated carbocycles. The highest BCUT2D eigenvalue weighted by molar-refractivity contribution is 6.30. The first-order chi connectivity index (χ1) is 15.5. The van der Waals surface area contributed by atoms with E-state index >= 15 is 0 Å². The van der Waals surface area contributed by atoms with E-state index < -0.39 is 0 Å². The van der Waals surface area contributed by atoms with Crippen LogP contribution in [0.2, 0.25) is 5.02 Å². The number of nitrogens with zero attached hydrogens (tertiary/aromatic N) is 4. The Morgan fingerprint density at radius 2 is 1.88 bits per heavy atom. The third-order valence-electron chi connectivity index (χ3n) is 6.77. The second-order valence-corrected chi connectivity index (χ2v) is 9.62. The molecule has 2 aliphatic rings. The third kappa shape index (κ3) is 4.91. The number of hydrogen-bond acceptors (Lipinski definition) is 5. The Hall–Kier alpha value is -2.18. The van der Waals surface area contributed by atoms with Crippen LogP contribution in [0.25, 0.3) is 0 Å². The fourth-order valence-corrected chi connectivity index (χ4v) is 5.04. The Labute approximate surface area is 196 Å². The number of carbonyl (C=O) groups is 1. The fraction of sp³-hybridized carbons (Fsp3) is 0.560. The van der Waals surface area contributed by atoms with Crippen molar-refractivity contribution in [1.29, 1.82) is 0 Å². The van der Waals surface area contributed by atoms with Crippen LogP contribution in [0.3, 0.4) is 0 Å². The zero-order chi connectivity index (χ0) is 22.7. The first-order valence-corrected chi connectivity index (χ1v) is 12.2. The molecule has 1 fully saturated rings. The van der Waals surface area contributed by atoms with Gasteiger partial charge in [0.2, 0.25) is 5.91 Å². The standard InChI is InChI=1S/C25H34ClN5O/c1-4-18-7-10-22-23(18)24(29-16-28-22)30-11-13-31(14-12-30)25(32)21(15-27-17(2)3)19-5-8-20(26)9-6-19/h5-6,8-9,16-18,21,27H,4,7,10-15H2,1-3H3/t18-,21+/m0/s1. The molecule has 0 unspecified atom stereocenters. The van der Waals surface area contributed by atoms with Crippen LogP contribution in [0.4, 0.5) is 5.82 Å². The minimum Gasteiger partial charge on any atom is -0.353 e. The number of hydrogen-bond donors (Lipinski definition) is 1. The van der Waals surface area contributed by atoms with E-state index in [1.54, 1.807) is 6.33 Å². The molecule has 2 heterocycles. The molecule has 1 N–H and O–H groups in total. The van der Waals surface area contributed by atoms with Crippen LogP contribution in [0.1, 0.15) is 62.3 Å². The van der Waals surface area contributed by atoms with E-state index in [9.17, 15) is 4.79 Å². The van der Waals surface area contributed by atoms with Crippen LogP contribution in [0.5, 0.6) is 0 Å². The zero-order valence-electron chi connectivity index (χ0n) is 19.4. The molecule has 32 heavy (non-hydrogen) atoms. The van der Waals surface area contributed by atoms with E-state index in [4.69, 9.17) is 11.6 Å². The van der Waals surface area contributed by atoms with Crippen molar-refractivity contribution in [2.75, 3.05) is 37.6 Å². The molecule has 0 spiro atoms. The normalized spacial score (nSPS) is 19.3. The summed E-state index contributed by atoms with van der Waals surface area (Å²) in [6.07, 6.45) is 5.05. The van der Waals surface area contributed by atoms with Crippen molar-refractivity contribution in [3.63, 3.8) is 0 Å². The summed E-state index contributed by atoms with van der Waals surface area (Å²) < 4.78 is 0. The summed E-state index contributed by atoms with van der Waals surface area (Å²) in [7, 11) is 0. The average Bonchev–Trinajstić information content (AvgIpc) is 3.23. The van der Waals surface area contributed by atoms with E-state index in [0.29, 0.717) is 36.6 Å². The molecule has 0 radical (unpaired) electrons. The quantitative estimate of drug-likeness (QED) is 0.683. The van der Waals surface area contributed by atoms with Gasteiger partial charge in [0.1, 0.15) is 12.1 Å². The lowest BCUT2D eigenvalue weighted by molar-refractivity contribution is -0.133. The molecule has 0 bridgehead atoms. The summed E-state index contributed by atoms with van der Waals surface area (Å²) in [6.45, 7) is 10.1. The van der Waals surface area contributed by atoms with Gasteiger partial charge in [0.15, 0.2) is 0 Å². The number of piperazine rings is 1. The smallest absolute Gasteiger partial charge is 0.231 e. The zero-order valence-corrected chi connectivity index (χ0v) is 20.1. The van der Waals surface area contributed by atoms with Crippen LogP contribution in [-0.2, 0) is 11.2 Å². The second kappa shape index (κ2) is 10.2. The third-order valence-corrected chi connectivity index (χ3v) is 7.02. The van der Waals surface area contributed by atoms with E-state index in [2.05, 4.69) is 41.0 Å². The van der Waals surface area contributed by atoms with Crippen LogP contribution in [0.15, 0.2) is 30.6 Å². The van der Waals surface area contributed by atoms with Gasteiger partial charge in [-0.3, -0.25) is 4.79 Å². The molecule has 2 atom stereocenters. The molecule has 7 heteroatoms. The summed E-state index contributed by atoms with van der Waals surface area (Å²) in [6, 6.07) is 7.99. The predicted octanol–water partition coefficient (Wildman–Crippen LogP) is 4.00. The number of halogens is 1. The highest BCUT2D eigenvalue weighted by atomic mass is 35.5. The minimum atomic E-state index is -0.214. The highest BCUT2D eigenvalue weighted by Crippen LogP contribution is 2.39. The molecule has 1 aromatic carbocycles. The SMILES string of the molecule is CC[C@H]1CCc2ncnc(N3CCN(C(=O)[C@H](CNC(C)C)c4ccc(Cl)cc4)CC3)c21. The van der Waals surface area contributed by atoms with E-state index in [1.165, 1.54) is 17.7 Å². The molecular weight excluding hydrogens is 422 g/mol. The second-order valence-electron chi connectivity index (χ2n) is 9.18. The number of rotatable bonds is 7. The Morgan fingerprint density at radius 1 is 1.16 bits per heavy atom. The van der Waals surface area contributed by atoms with Gasteiger partial charge in [-0.1, -0.05) is 44.5 Å². The lowest BCUT2D eigenvalue weighted by Crippen LogP contribution is -2.51. The molecule has 1 saturated heterocycles. The number of amides is 1. The fourth-order valence-electron chi connectivity index (χ4n) is 4.91. The van der Waals surface area contributed by atoms with Crippen molar-refractivity contribution in [1.82, 2.24) is 20.2 Å². The van der Waals surface area contributed by atoms with Gasteiger partial charge in [0.05, 0.1) is 5.92 Å². The first-order valence-electron chi connectivity index (χ1n) is 11.8. The minimum absolute atomic E-state index is 0.180. The molecule has 1 aliphatic carbocycles. The number of benzene rings is 1. The maximum absolute atomic E-state index is 13.5. The van der Waals surface area contributed by atoms with Crippen LogP contribution >= 0.6 is 11.6 Å². The molecular formula is C25H34ClN5O. The van der Waals surface area contributed by atoms with Crippen molar-refractivity contribution in [2.45, 2.75) is 57.9 Å². The van der Waals surface area contributed by atoms with Crippen molar-refractivity contribution < 1.29 is 4.79 Å². The van der Waals surface area contributed by atoms with Gasteiger partial charge >= 0.3 is 0 Å². The number of aryl methyl sites for hydroxylation is 1. The topological polar surface area (TPSA) is 61.4 Å². The van der Waals surface area contributed by atoms with Gasteiger partial charge in [0.25, 0.3) is 0 Å². The van der Waals surface area contributed by atoms with Gasteiger partial charge in [0, 0.05) is 55.0 Å². The maximum atomic E-state index is 13.5.